The zero-order valence-electron chi connectivity index (χ0n) is 17.8. The van der Waals surface area contributed by atoms with Gasteiger partial charge in [0.1, 0.15) is 6.61 Å². The molecule has 0 spiro atoms. The van der Waals surface area contributed by atoms with Gasteiger partial charge in [-0.3, -0.25) is 4.98 Å². The number of pyridine rings is 1. The number of allylic oxidation sites excluding steroid dienone is 1. The number of rotatable bonds is 10. The molecular weight excluding hydrogens is 389 g/mol. The first-order valence-corrected chi connectivity index (χ1v) is 10.5. The van der Waals surface area contributed by atoms with Crippen LogP contribution in [-0.2, 0) is 0 Å². The summed E-state index contributed by atoms with van der Waals surface area (Å²) >= 11 is 0. The maximum atomic E-state index is 14.2. The summed E-state index contributed by atoms with van der Waals surface area (Å²) < 4.78 is 19.5. The summed E-state index contributed by atoms with van der Waals surface area (Å²) in [6.07, 6.45) is 10.0. The molecule has 1 atom stereocenters. The lowest BCUT2D eigenvalue weighted by Gasteiger charge is -2.08. The Hall–Kier alpha value is -3.24. The highest BCUT2D eigenvalue weighted by Gasteiger charge is 2.07. The van der Waals surface area contributed by atoms with Gasteiger partial charge in [0.15, 0.2) is 11.6 Å². The summed E-state index contributed by atoms with van der Waals surface area (Å²) in [5, 5.41) is 9.28. The van der Waals surface area contributed by atoms with E-state index in [0.29, 0.717) is 0 Å². The topological polar surface area (TPSA) is 42.4 Å². The molecule has 0 aliphatic rings. The van der Waals surface area contributed by atoms with Crippen molar-refractivity contribution < 1.29 is 14.2 Å². The number of unbranched alkanes of at least 4 members (excludes halogenated alkanes) is 1. The highest BCUT2D eigenvalue weighted by Crippen LogP contribution is 2.28. The quantitative estimate of drug-likeness (QED) is 0.295. The molecule has 2 aromatic carbocycles. The van der Waals surface area contributed by atoms with Crippen LogP contribution in [0.4, 0.5) is 4.39 Å². The molecule has 3 aromatic rings. The van der Waals surface area contributed by atoms with Crippen molar-refractivity contribution in [2.24, 2.45) is 0 Å². The number of benzene rings is 2. The van der Waals surface area contributed by atoms with Crippen molar-refractivity contribution in [3.63, 3.8) is 0 Å². The fourth-order valence-electron chi connectivity index (χ4n) is 3.21. The average Bonchev–Trinajstić information content (AvgIpc) is 2.78. The molecule has 4 heteroatoms. The molecule has 0 saturated carbocycles. The number of halogens is 1. The third-order valence-corrected chi connectivity index (χ3v) is 4.91. The van der Waals surface area contributed by atoms with E-state index in [1.807, 2.05) is 61.7 Å². The zero-order chi connectivity index (χ0) is 22.1. The van der Waals surface area contributed by atoms with Gasteiger partial charge in [-0.05, 0) is 67.2 Å². The Bertz CT molecular complexity index is 1010. The van der Waals surface area contributed by atoms with Crippen LogP contribution in [0.5, 0.6) is 5.75 Å². The van der Waals surface area contributed by atoms with Crippen LogP contribution in [0, 0.1) is 5.82 Å². The fourth-order valence-corrected chi connectivity index (χ4v) is 3.21. The predicted octanol–water partition coefficient (Wildman–Crippen LogP) is 6.68. The molecule has 1 N–H and O–H groups in total. The molecule has 0 fully saturated rings. The van der Waals surface area contributed by atoms with Gasteiger partial charge >= 0.3 is 0 Å². The van der Waals surface area contributed by atoms with Crippen LogP contribution in [0.15, 0.2) is 79.5 Å². The van der Waals surface area contributed by atoms with E-state index in [1.165, 1.54) is 6.07 Å². The first kappa shape index (κ1) is 22.4. The van der Waals surface area contributed by atoms with E-state index in [4.69, 9.17) is 4.74 Å². The number of ether oxygens (including phenoxy) is 1. The van der Waals surface area contributed by atoms with Gasteiger partial charge < -0.3 is 9.84 Å². The van der Waals surface area contributed by atoms with Crippen LogP contribution in [0.1, 0.15) is 31.9 Å². The lowest BCUT2D eigenvalue weighted by Crippen LogP contribution is -1.97. The summed E-state index contributed by atoms with van der Waals surface area (Å²) in [5.41, 5.74) is 4.71. The summed E-state index contributed by atoms with van der Waals surface area (Å²) in [5.74, 6) is -0.161. The van der Waals surface area contributed by atoms with E-state index in [2.05, 4.69) is 17.6 Å². The van der Waals surface area contributed by atoms with Crippen LogP contribution in [-0.4, -0.2) is 22.8 Å². The first-order chi connectivity index (χ1) is 15.1. The highest BCUT2D eigenvalue weighted by atomic mass is 19.1. The molecule has 3 rings (SSSR count). The second-order valence-electron chi connectivity index (χ2n) is 7.48. The largest absolute Gasteiger partial charge is 0.486 e. The Labute approximate surface area is 183 Å². The second kappa shape index (κ2) is 11.2. The van der Waals surface area contributed by atoms with Crippen LogP contribution in [0.3, 0.4) is 0 Å². The van der Waals surface area contributed by atoms with Gasteiger partial charge in [0.25, 0.3) is 0 Å². The van der Waals surface area contributed by atoms with Crippen molar-refractivity contribution in [3.05, 3.63) is 91.0 Å². The predicted molar refractivity (Wildman–Crippen MR) is 125 cm³/mol. The maximum Gasteiger partial charge on any atom is 0.165 e. The Kier molecular flexibility index (Phi) is 8.13. The van der Waals surface area contributed by atoms with E-state index in [0.717, 1.165) is 47.2 Å². The van der Waals surface area contributed by atoms with Gasteiger partial charge in [-0.1, -0.05) is 55.1 Å². The number of hydrogen-bond acceptors (Lipinski definition) is 3. The van der Waals surface area contributed by atoms with Gasteiger partial charge in [0.2, 0.25) is 0 Å². The van der Waals surface area contributed by atoms with E-state index in [-0.39, 0.29) is 24.3 Å². The van der Waals surface area contributed by atoms with Gasteiger partial charge in [-0.2, -0.15) is 0 Å². The second-order valence-corrected chi connectivity index (χ2v) is 7.48. The standard InChI is InChI=1S/C27H28FNO2/c1-3-17-31-27-16-14-23(18-26(27)28)21-9-11-22(12-10-21)24-13-15-25(29-19-24)8-6-4-5-7-20(2)30/h3,6,8-16,18-20,30H,1,4-5,7,17H2,2H3/b8-6+. The number of hydrogen-bond donors (Lipinski definition) is 1. The van der Waals surface area contributed by atoms with Crippen molar-refractivity contribution in [2.45, 2.75) is 32.3 Å². The van der Waals surface area contributed by atoms with Crippen LogP contribution < -0.4 is 4.74 Å². The molecule has 0 aliphatic heterocycles. The van der Waals surface area contributed by atoms with Crippen LogP contribution in [0.25, 0.3) is 28.3 Å². The van der Waals surface area contributed by atoms with Crippen molar-refractivity contribution in [1.82, 2.24) is 4.98 Å². The minimum Gasteiger partial charge on any atom is -0.486 e. The average molecular weight is 418 g/mol. The first-order valence-electron chi connectivity index (χ1n) is 10.5. The summed E-state index contributed by atoms with van der Waals surface area (Å²) in [7, 11) is 0. The van der Waals surface area contributed by atoms with Crippen molar-refractivity contribution in [1.29, 1.82) is 0 Å². The molecule has 1 unspecified atom stereocenters. The molecule has 0 bridgehead atoms. The minimum absolute atomic E-state index is 0.225. The minimum atomic E-state index is -0.387. The smallest absolute Gasteiger partial charge is 0.165 e. The molecule has 1 heterocycles. The van der Waals surface area contributed by atoms with Gasteiger partial charge in [0, 0.05) is 11.8 Å². The van der Waals surface area contributed by atoms with Crippen LogP contribution in [0.2, 0.25) is 0 Å². The number of nitrogens with zero attached hydrogens (tertiary/aromatic N) is 1. The normalized spacial score (nSPS) is 12.1. The lowest BCUT2D eigenvalue weighted by molar-refractivity contribution is 0.182. The molecular formula is C27H28FNO2. The van der Waals surface area contributed by atoms with Crippen molar-refractivity contribution in [2.75, 3.05) is 6.61 Å². The third-order valence-electron chi connectivity index (χ3n) is 4.91. The van der Waals surface area contributed by atoms with E-state index < -0.39 is 0 Å². The molecule has 0 amide bonds. The Morgan fingerprint density at radius 1 is 1.03 bits per heavy atom. The van der Waals surface area contributed by atoms with Crippen LogP contribution >= 0.6 is 0 Å². The SMILES string of the molecule is C=CCOc1ccc(-c2ccc(-c3ccc(/C=C/CCCC(C)O)nc3)cc2)cc1F. The summed E-state index contributed by atoms with van der Waals surface area (Å²) in [4.78, 5) is 4.51. The molecule has 0 saturated heterocycles. The van der Waals surface area contributed by atoms with Crippen molar-refractivity contribution >= 4 is 6.08 Å². The van der Waals surface area contributed by atoms with E-state index in [9.17, 15) is 9.50 Å². The lowest BCUT2D eigenvalue weighted by atomic mass is 10.0. The molecule has 31 heavy (non-hydrogen) atoms. The third kappa shape index (κ3) is 6.63. The van der Waals surface area contributed by atoms with E-state index >= 15 is 0 Å². The molecule has 0 radical (unpaired) electrons. The highest BCUT2D eigenvalue weighted by molar-refractivity contribution is 5.70. The van der Waals surface area contributed by atoms with Crippen molar-refractivity contribution in [3.8, 4) is 28.0 Å². The monoisotopic (exact) mass is 417 g/mol. The Morgan fingerprint density at radius 2 is 1.71 bits per heavy atom. The number of aliphatic hydroxyl groups excluding tert-OH is 1. The number of aliphatic hydroxyl groups is 1. The van der Waals surface area contributed by atoms with Gasteiger partial charge in [-0.25, -0.2) is 4.39 Å². The molecule has 3 nitrogen and oxygen atoms in total. The Balaban J connectivity index is 1.64. The van der Waals surface area contributed by atoms with Gasteiger partial charge in [0.05, 0.1) is 11.8 Å². The molecule has 1 aromatic heterocycles. The molecule has 0 aliphatic carbocycles. The van der Waals surface area contributed by atoms with E-state index in [1.54, 1.807) is 12.1 Å². The molecule has 160 valence electrons. The fraction of sp³-hybridized carbons (Fsp3) is 0.222. The summed E-state index contributed by atoms with van der Waals surface area (Å²) in [6.45, 7) is 5.66. The summed E-state index contributed by atoms with van der Waals surface area (Å²) in [6, 6.07) is 17.0. The maximum absolute atomic E-state index is 14.2. The van der Waals surface area contributed by atoms with Gasteiger partial charge in [-0.15, -0.1) is 0 Å². The number of aromatic nitrogens is 1. The Morgan fingerprint density at radius 3 is 2.32 bits per heavy atom. The zero-order valence-corrected chi connectivity index (χ0v) is 17.8.